The van der Waals surface area contributed by atoms with Crippen LogP contribution in [-0.2, 0) is 4.79 Å². The van der Waals surface area contributed by atoms with Crippen molar-refractivity contribution < 1.29 is 4.79 Å². The molecule has 0 saturated heterocycles. The minimum atomic E-state index is 0.354. The molecule has 0 aromatic heterocycles. The lowest BCUT2D eigenvalue weighted by Gasteiger charge is -2.22. The van der Waals surface area contributed by atoms with E-state index in [1.807, 2.05) is 0 Å². The van der Waals surface area contributed by atoms with E-state index in [0.717, 1.165) is 0 Å². The lowest BCUT2D eigenvalue weighted by molar-refractivity contribution is -0.123. The van der Waals surface area contributed by atoms with Gasteiger partial charge in [0, 0.05) is 12.0 Å². The van der Waals surface area contributed by atoms with E-state index in [-0.39, 0.29) is 0 Å². The smallest absolute Gasteiger partial charge is 0.223 e. The van der Waals surface area contributed by atoms with Gasteiger partial charge in [0.1, 0.15) is 0 Å². The molecule has 18 heavy (non-hydrogen) atoms. The first-order valence-electron chi connectivity index (χ1n) is 7.81. The molecule has 0 spiro atoms. The van der Waals surface area contributed by atoms with E-state index in [4.69, 9.17) is 0 Å². The van der Waals surface area contributed by atoms with E-state index in [9.17, 15) is 4.79 Å². The van der Waals surface area contributed by atoms with E-state index in [1.54, 1.807) is 0 Å². The second kappa shape index (κ2) is 5.46. The highest BCUT2D eigenvalue weighted by Gasteiger charge is 2.53. The summed E-state index contributed by atoms with van der Waals surface area (Å²) in [7, 11) is 0. The number of amides is 1. The molecule has 0 aromatic rings. The van der Waals surface area contributed by atoms with E-state index < -0.39 is 0 Å². The lowest BCUT2D eigenvalue weighted by Crippen LogP contribution is -2.37. The predicted octanol–water partition coefficient (Wildman–Crippen LogP) is 3.43. The minimum absolute atomic E-state index is 0.354. The van der Waals surface area contributed by atoms with E-state index in [1.165, 1.54) is 57.8 Å². The number of rotatable bonds is 2. The number of fused-ring (bicyclic) bond motifs is 1. The Kier molecular flexibility index (Phi) is 3.72. The summed E-state index contributed by atoms with van der Waals surface area (Å²) in [5, 5.41) is 3.32. The molecule has 0 aromatic carbocycles. The van der Waals surface area contributed by atoms with Gasteiger partial charge >= 0.3 is 0 Å². The van der Waals surface area contributed by atoms with Crippen molar-refractivity contribution in [2.45, 2.75) is 63.8 Å². The normalized spacial score (nSPS) is 38.1. The Labute approximate surface area is 110 Å². The van der Waals surface area contributed by atoms with Crippen LogP contribution in [0.3, 0.4) is 0 Å². The molecule has 2 unspecified atom stereocenters. The number of carbonyl (C=O) groups excluding carboxylic acids is 1. The molecule has 2 atom stereocenters. The Morgan fingerprint density at radius 2 is 1.50 bits per heavy atom. The molecule has 3 aliphatic rings. The number of hydrogen-bond acceptors (Lipinski definition) is 1. The highest BCUT2D eigenvalue weighted by atomic mass is 16.2. The van der Waals surface area contributed by atoms with Crippen molar-refractivity contribution in [2.75, 3.05) is 0 Å². The summed E-state index contributed by atoms with van der Waals surface area (Å²) in [5.74, 6) is 2.11. The summed E-state index contributed by atoms with van der Waals surface area (Å²) in [5.41, 5.74) is 0. The van der Waals surface area contributed by atoms with E-state index in [0.29, 0.717) is 29.7 Å². The van der Waals surface area contributed by atoms with Crippen LogP contribution in [0.25, 0.3) is 0 Å². The molecule has 100 valence electrons. The molecule has 0 bridgehead atoms. The largest absolute Gasteiger partial charge is 0.353 e. The van der Waals surface area contributed by atoms with Crippen LogP contribution in [-0.4, -0.2) is 11.9 Å². The van der Waals surface area contributed by atoms with Crippen molar-refractivity contribution in [3.05, 3.63) is 12.2 Å². The van der Waals surface area contributed by atoms with Crippen molar-refractivity contribution in [3.63, 3.8) is 0 Å². The van der Waals surface area contributed by atoms with Crippen LogP contribution in [0.1, 0.15) is 57.8 Å². The predicted molar refractivity (Wildman–Crippen MR) is 73.1 cm³/mol. The zero-order valence-electron chi connectivity index (χ0n) is 11.2. The van der Waals surface area contributed by atoms with Crippen LogP contribution < -0.4 is 5.32 Å². The Bertz CT molecular complexity index is 314. The Balaban J connectivity index is 1.51. The second-order valence-corrected chi connectivity index (χ2v) is 6.32. The Hall–Kier alpha value is -0.790. The van der Waals surface area contributed by atoms with Crippen molar-refractivity contribution in [2.24, 2.45) is 17.8 Å². The average Bonchev–Trinajstić information content (AvgIpc) is 3.02. The average molecular weight is 247 g/mol. The zero-order valence-corrected chi connectivity index (χ0v) is 11.2. The van der Waals surface area contributed by atoms with Crippen LogP contribution >= 0.6 is 0 Å². The Morgan fingerprint density at radius 3 is 2.11 bits per heavy atom. The number of allylic oxidation sites excluding steroid dienone is 2. The summed E-state index contributed by atoms with van der Waals surface area (Å²) in [6.07, 6.45) is 15.8. The molecule has 1 amide bonds. The van der Waals surface area contributed by atoms with E-state index >= 15 is 0 Å². The van der Waals surface area contributed by atoms with Gasteiger partial charge < -0.3 is 5.32 Å². The van der Waals surface area contributed by atoms with Crippen molar-refractivity contribution >= 4 is 5.91 Å². The molecule has 3 rings (SSSR count). The minimum Gasteiger partial charge on any atom is -0.353 e. The summed E-state index contributed by atoms with van der Waals surface area (Å²) in [4.78, 5) is 12.3. The molecular weight excluding hydrogens is 222 g/mol. The van der Waals surface area contributed by atoms with Gasteiger partial charge in [-0.05, 0) is 50.4 Å². The van der Waals surface area contributed by atoms with Gasteiger partial charge in [-0.2, -0.15) is 0 Å². The summed E-state index contributed by atoms with van der Waals surface area (Å²) >= 11 is 0. The van der Waals surface area contributed by atoms with Crippen LogP contribution in [0.4, 0.5) is 0 Å². The van der Waals surface area contributed by atoms with E-state index in [2.05, 4.69) is 17.5 Å². The highest BCUT2D eigenvalue weighted by Crippen LogP contribution is 2.52. The maximum Gasteiger partial charge on any atom is 0.223 e. The van der Waals surface area contributed by atoms with Crippen molar-refractivity contribution in [1.29, 1.82) is 0 Å². The first-order valence-corrected chi connectivity index (χ1v) is 7.81. The van der Waals surface area contributed by atoms with Gasteiger partial charge in [-0.25, -0.2) is 0 Å². The molecule has 1 N–H and O–H groups in total. The number of carbonyl (C=O) groups is 1. The summed E-state index contributed by atoms with van der Waals surface area (Å²) in [6.45, 7) is 0. The maximum absolute atomic E-state index is 12.3. The highest BCUT2D eigenvalue weighted by molar-refractivity contribution is 5.82. The fourth-order valence-electron chi connectivity index (χ4n) is 3.98. The molecule has 0 aliphatic heterocycles. The van der Waals surface area contributed by atoms with Gasteiger partial charge in [0.2, 0.25) is 5.91 Å². The van der Waals surface area contributed by atoms with Gasteiger partial charge in [-0.3, -0.25) is 4.79 Å². The van der Waals surface area contributed by atoms with Crippen molar-refractivity contribution in [3.8, 4) is 0 Å². The summed E-state index contributed by atoms with van der Waals surface area (Å²) in [6, 6.07) is 0.483. The molecule has 2 saturated carbocycles. The number of hydrogen-bond donors (Lipinski definition) is 1. The first-order chi connectivity index (χ1) is 8.86. The van der Waals surface area contributed by atoms with Gasteiger partial charge in [0.15, 0.2) is 0 Å². The molecule has 0 heterocycles. The SMILES string of the molecule is O=C(NC1CCCCC1)C1C2CC/C=C\CCC21. The van der Waals surface area contributed by atoms with Crippen LogP contribution in [0.5, 0.6) is 0 Å². The molecule has 0 radical (unpaired) electrons. The topological polar surface area (TPSA) is 29.1 Å². The quantitative estimate of drug-likeness (QED) is 0.744. The lowest BCUT2D eigenvalue weighted by atomic mass is 9.95. The monoisotopic (exact) mass is 247 g/mol. The third-order valence-electron chi connectivity index (χ3n) is 5.09. The molecular formula is C16H25NO. The molecule has 3 aliphatic carbocycles. The maximum atomic E-state index is 12.3. The Morgan fingerprint density at radius 1 is 0.889 bits per heavy atom. The third kappa shape index (κ3) is 2.62. The first kappa shape index (κ1) is 12.3. The molecule has 2 heteroatoms. The van der Waals surface area contributed by atoms with Gasteiger partial charge in [0.25, 0.3) is 0 Å². The summed E-state index contributed by atoms with van der Waals surface area (Å²) < 4.78 is 0. The van der Waals surface area contributed by atoms with Gasteiger partial charge in [0.05, 0.1) is 0 Å². The van der Waals surface area contributed by atoms with Gasteiger partial charge in [-0.1, -0.05) is 31.4 Å². The van der Waals surface area contributed by atoms with Crippen LogP contribution in [0.2, 0.25) is 0 Å². The standard InChI is InChI=1S/C16H25NO/c18-16(17-12-8-4-3-5-9-12)15-13-10-6-1-2-7-11-14(13)15/h1-2,12-15H,3-11H2,(H,17,18)/b2-1-. The van der Waals surface area contributed by atoms with Crippen molar-refractivity contribution in [1.82, 2.24) is 5.32 Å². The van der Waals surface area contributed by atoms with Crippen LogP contribution in [0.15, 0.2) is 12.2 Å². The zero-order chi connectivity index (χ0) is 12.4. The second-order valence-electron chi connectivity index (χ2n) is 6.32. The van der Waals surface area contributed by atoms with Crippen LogP contribution in [0, 0.1) is 17.8 Å². The molecule has 2 nitrogen and oxygen atoms in total. The number of nitrogens with one attached hydrogen (secondary N) is 1. The van der Waals surface area contributed by atoms with Gasteiger partial charge in [-0.15, -0.1) is 0 Å². The fraction of sp³-hybridized carbons (Fsp3) is 0.812. The molecule has 2 fully saturated rings. The third-order valence-corrected chi connectivity index (χ3v) is 5.09. The fourth-order valence-corrected chi connectivity index (χ4v) is 3.98.